The lowest BCUT2D eigenvalue weighted by atomic mass is 9.92. The summed E-state index contributed by atoms with van der Waals surface area (Å²) >= 11 is 0. The second kappa shape index (κ2) is 6.57. The van der Waals surface area contributed by atoms with Crippen LogP contribution in [0.5, 0.6) is 5.75 Å². The van der Waals surface area contributed by atoms with Crippen molar-refractivity contribution in [2.75, 3.05) is 17.2 Å². The predicted octanol–water partition coefficient (Wildman–Crippen LogP) is 2.87. The summed E-state index contributed by atoms with van der Waals surface area (Å²) in [5, 5.41) is 0.468. The van der Waals surface area contributed by atoms with Crippen LogP contribution in [-0.4, -0.2) is 31.4 Å². The molecule has 1 aliphatic heterocycles. The SMILES string of the molecule is CCOc1ccc(N2C(=O)c3cccc4c(N)c(S(=O)(=O)O)cc(c34)C2=O)cc1. The highest BCUT2D eigenvalue weighted by Crippen LogP contribution is 2.38. The van der Waals surface area contributed by atoms with Crippen molar-refractivity contribution < 1.29 is 27.3 Å². The number of rotatable bonds is 4. The maximum Gasteiger partial charge on any atom is 0.296 e. The first kappa shape index (κ1) is 18.9. The lowest BCUT2D eigenvalue weighted by Gasteiger charge is -2.28. The fraction of sp³-hybridized carbons (Fsp3) is 0.100. The Morgan fingerprint density at radius 1 is 1.03 bits per heavy atom. The summed E-state index contributed by atoms with van der Waals surface area (Å²) in [5.74, 6) is -0.693. The number of hydrogen-bond donors (Lipinski definition) is 2. The van der Waals surface area contributed by atoms with Gasteiger partial charge in [-0.3, -0.25) is 14.1 Å². The number of nitrogen functional groups attached to an aromatic ring is 1. The third kappa shape index (κ3) is 2.91. The Morgan fingerprint density at radius 2 is 1.69 bits per heavy atom. The molecule has 0 aromatic heterocycles. The Balaban J connectivity index is 1.95. The van der Waals surface area contributed by atoms with Gasteiger partial charge in [-0.2, -0.15) is 8.42 Å². The van der Waals surface area contributed by atoms with Crippen LogP contribution >= 0.6 is 0 Å². The molecule has 0 saturated carbocycles. The van der Waals surface area contributed by atoms with E-state index >= 15 is 0 Å². The molecular weight excluding hydrogens is 396 g/mol. The second-order valence-electron chi connectivity index (χ2n) is 6.41. The minimum absolute atomic E-state index is 0.0362. The average Bonchev–Trinajstić information content (AvgIpc) is 2.68. The summed E-state index contributed by atoms with van der Waals surface area (Å²) in [7, 11) is -4.67. The summed E-state index contributed by atoms with van der Waals surface area (Å²) in [5.41, 5.74) is 6.17. The molecular formula is C20H16N2O6S. The fourth-order valence-corrected chi connectivity index (χ4v) is 4.12. The normalized spacial score (nSPS) is 13.8. The number of ether oxygens (including phenoxy) is 1. The van der Waals surface area contributed by atoms with Gasteiger partial charge in [-0.1, -0.05) is 12.1 Å². The van der Waals surface area contributed by atoms with Gasteiger partial charge in [0, 0.05) is 16.3 Å². The van der Waals surface area contributed by atoms with Crippen LogP contribution in [0.15, 0.2) is 53.4 Å². The summed E-state index contributed by atoms with van der Waals surface area (Å²) in [6.07, 6.45) is 0. The maximum atomic E-state index is 13.2. The lowest BCUT2D eigenvalue weighted by Crippen LogP contribution is -2.40. The van der Waals surface area contributed by atoms with Crippen molar-refractivity contribution in [2.45, 2.75) is 11.8 Å². The first-order chi connectivity index (χ1) is 13.7. The number of nitrogens with two attached hydrogens (primary N) is 1. The monoisotopic (exact) mass is 412 g/mol. The molecule has 0 aliphatic carbocycles. The smallest absolute Gasteiger partial charge is 0.296 e. The molecule has 9 heteroatoms. The average molecular weight is 412 g/mol. The highest BCUT2D eigenvalue weighted by molar-refractivity contribution is 7.86. The van der Waals surface area contributed by atoms with E-state index in [1.54, 1.807) is 24.3 Å². The zero-order valence-electron chi connectivity index (χ0n) is 15.2. The minimum Gasteiger partial charge on any atom is -0.494 e. The Kier molecular flexibility index (Phi) is 4.29. The zero-order chi connectivity index (χ0) is 20.9. The first-order valence-electron chi connectivity index (χ1n) is 8.68. The largest absolute Gasteiger partial charge is 0.494 e. The van der Waals surface area contributed by atoms with Crippen molar-refractivity contribution in [3.63, 3.8) is 0 Å². The molecule has 3 N–H and O–H groups in total. The van der Waals surface area contributed by atoms with E-state index in [9.17, 15) is 22.6 Å². The van der Waals surface area contributed by atoms with Gasteiger partial charge in [-0.25, -0.2) is 4.90 Å². The summed E-state index contributed by atoms with van der Waals surface area (Å²) in [6.45, 7) is 2.30. The van der Waals surface area contributed by atoms with E-state index in [0.717, 1.165) is 11.0 Å². The first-order valence-corrected chi connectivity index (χ1v) is 10.1. The molecule has 148 valence electrons. The lowest BCUT2D eigenvalue weighted by molar-refractivity contribution is 0.0893. The molecule has 0 fully saturated rings. The van der Waals surface area contributed by atoms with Gasteiger partial charge in [0.1, 0.15) is 10.6 Å². The van der Waals surface area contributed by atoms with Crippen LogP contribution in [0.1, 0.15) is 27.6 Å². The Bertz CT molecular complexity index is 1280. The van der Waals surface area contributed by atoms with E-state index in [1.165, 1.54) is 18.2 Å². The van der Waals surface area contributed by atoms with Crippen molar-refractivity contribution in [3.8, 4) is 5.75 Å². The quantitative estimate of drug-likeness (QED) is 0.383. The van der Waals surface area contributed by atoms with E-state index in [0.29, 0.717) is 18.0 Å². The number of carbonyl (C=O) groups is 2. The van der Waals surface area contributed by atoms with Crippen LogP contribution in [0.2, 0.25) is 0 Å². The molecule has 1 heterocycles. The van der Waals surface area contributed by atoms with Crippen molar-refractivity contribution >= 4 is 44.1 Å². The maximum absolute atomic E-state index is 13.2. The molecule has 0 unspecified atom stereocenters. The van der Waals surface area contributed by atoms with Crippen molar-refractivity contribution in [3.05, 3.63) is 59.7 Å². The van der Waals surface area contributed by atoms with Gasteiger partial charge in [-0.15, -0.1) is 0 Å². The molecule has 0 spiro atoms. The van der Waals surface area contributed by atoms with Gasteiger partial charge < -0.3 is 10.5 Å². The van der Waals surface area contributed by atoms with Crippen LogP contribution in [0, 0.1) is 0 Å². The van der Waals surface area contributed by atoms with Crippen LogP contribution in [-0.2, 0) is 10.1 Å². The second-order valence-corrected chi connectivity index (χ2v) is 7.80. The summed E-state index contributed by atoms with van der Waals surface area (Å²) in [4.78, 5) is 26.6. The number of hydrogen-bond acceptors (Lipinski definition) is 6. The zero-order valence-corrected chi connectivity index (χ0v) is 16.1. The number of anilines is 2. The van der Waals surface area contributed by atoms with E-state index < -0.39 is 26.8 Å². The molecule has 0 radical (unpaired) electrons. The molecule has 4 rings (SSSR count). The van der Waals surface area contributed by atoms with Crippen LogP contribution < -0.4 is 15.4 Å². The standard InChI is InChI=1S/C20H16N2O6S/c1-2-28-12-8-6-11(7-9-12)22-19(23)14-5-3-4-13-17(14)15(20(22)24)10-16(18(13)21)29(25,26)27/h3-10H,2,21H2,1H3,(H,25,26,27). The van der Waals surface area contributed by atoms with Crippen LogP contribution in [0.3, 0.4) is 0 Å². The van der Waals surface area contributed by atoms with Gasteiger partial charge in [0.05, 0.1) is 23.5 Å². The van der Waals surface area contributed by atoms with Crippen LogP contribution in [0.4, 0.5) is 11.4 Å². The molecule has 29 heavy (non-hydrogen) atoms. The van der Waals surface area contributed by atoms with Gasteiger partial charge in [0.2, 0.25) is 0 Å². The number of imide groups is 1. The molecule has 1 aliphatic rings. The van der Waals surface area contributed by atoms with Crippen LogP contribution in [0.25, 0.3) is 10.8 Å². The Labute approximate surface area is 166 Å². The Hall–Kier alpha value is -3.43. The molecule has 3 aromatic carbocycles. The number of benzene rings is 3. The highest BCUT2D eigenvalue weighted by atomic mass is 32.2. The predicted molar refractivity (Wildman–Crippen MR) is 107 cm³/mol. The topological polar surface area (TPSA) is 127 Å². The van der Waals surface area contributed by atoms with Crippen molar-refractivity contribution in [1.82, 2.24) is 0 Å². The number of amides is 2. The van der Waals surface area contributed by atoms with E-state index in [1.807, 2.05) is 6.92 Å². The molecule has 0 atom stereocenters. The van der Waals surface area contributed by atoms with E-state index in [2.05, 4.69) is 0 Å². The molecule has 0 saturated heterocycles. The van der Waals surface area contributed by atoms with Gasteiger partial charge >= 0.3 is 0 Å². The summed E-state index contributed by atoms with van der Waals surface area (Å²) in [6, 6.07) is 12.0. The third-order valence-electron chi connectivity index (χ3n) is 4.72. The molecule has 3 aromatic rings. The summed E-state index contributed by atoms with van der Waals surface area (Å²) < 4.78 is 38.4. The number of nitrogens with zero attached hydrogens (tertiary/aromatic N) is 1. The fourth-order valence-electron chi connectivity index (χ4n) is 3.47. The molecule has 8 nitrogen and oxygen atoms in total. The minimum atomic E-state index is -4.67. The van der Waals surface area contributed by atoms with Gasteiger partial charge in [0.15, 0.2) is 0 Å². The van der Waals surface area contributed by atoms with Gasteiger partial charge in [-0.05, 0) is 43.3 Å². The highest BCUT2D eigenvalue weighted by Gasteiger charge is 2.36. The van der Waals surface area contributed by atoms with Gasteiger partial charge in [0.25, 0.3) is 21.9 Å². The van der Waals surface area contributed by atoms with E-state index in [4.69, 9.17) is 10.5 Å². The van der Waals surface area contributed by atoms with Crippen molar-refractivity contribution in [2.24, 2.45) is 0 Å². The Morgan fingerprint density at radius 3 is 2.31 bits per heavy atom. The van der Waals surface area contributed by atoms with Crippen molar-refractivity contribution in [1.29, 1.82) is 0 Å². The number of carbonyl (C=O) groups excluding carboxylic acids is 2. The molecule has 0 bridgehead atoms. The third-order valence-corrected chi connectivity index (χ3v) is 5.61. The van der Waals surface area contributed by atoms with E-state index in [-0.39, 0.29) is 27.6 Å². The molecule has 2 amide bonds.